The number of aromatic nitrogens is 4. The summed E-state index contributed by atoms with van der Waals surface area (Å²) < 4.78 is 3.39. The smallest absolute Gasteiger partial charge is 0.267 e. The molecule has 3 N–H and O–H groups in total. The van der Waals surface area contributed by atoms with Crippen LogP contribution in [0, 0.1) is 5.92 Å². The number of para-hydroxylation sites is 1. The number of rotatable bonds is 6. The second-order valence-electron chi connectivity index (χ2n) is 10.4. The topological polar surface area (TPSA) is 120 Å². The molecule has 1 aliphatic carbocycles. The first-order valence-corrected chi connectivity index (χ1v) is 13.8. The Morgan fingerprint density at radius 1 is 1.02 bits per heavy atom. The summed E-state index contributed by atoms with van der Waals surface area (Å²) in [5, 5.41) is 7.42. The summed E-state index contributed by atoms with van der Waals surface area (Å²) in [6, 6.07) is 22.1. The molecule has 5 aromatic rings. The Bertz CT molecular complexity index is 1780. The van der Waals surface area contributed by atoms with E-state index >= 15 is 0 Å². The number of benzene rings is 2. The number of amides is 1. The van der Waals surface area contributed by atoms with E-state index in [0.29, 0.717) is 29.0 Å². The summed E-state index contributed by atoms with van der Waals surface area (Å²) in [5.74, 6) is 0.855. The van der Waals surface area contributed by atoms with Crippen LogP contribution in [0.5, 0.6) is 0 Å². The standard InChI is InChI=1S/C32H31N7O2/c1-34-19-21-9-11-23(12-10-21)28-18-27(29-30(33)35-20-36-39(28)29)22-13-15-24(16-14-22)37-31(40)26-8-5-17-38(32(26)41)25-6-3-2-4-7-25/h2-8,13-21,23H,9-12H2,1H3,(H,37,40)(H2,33,35,36). The van der Waals surface area contributed by atoms with Gasteiger partial charge in [-0.05, 0) is 79.6 Å². The van der Waals surface area contributed by atoms with E-state index in [9.17, 15) is 9.59 Å². The average molecular weight is 546 g/mol. The van der Waals surface area contributed by atoms with Crippen LogP contribution in [0.3, 0.4) is 0 Å². The minimum atomic E-state index is -0.467. The van der Waals surface area contributed by atoms with Crippen molar-refractivity contribution in [2.45, 2.75) is 31.6 Å². The SMILES string of the molecule is CN=CC1CCC(c2cc(-c3ccc(NC(=O)c4cccn(-c5ccccc5)c4=O)cc3)c3c(N)ncnn23)CC1. The molecule has 0 spiro atoms. The number of aliphatic imine (C=N–C) groups is 1. The van der Waals surface area contributed by atoms with Crippen molar-refractivity contribution < 1.29 is 4.79 Å². The third-order valence-electron chi connectivity index (χ3n) is 7.84. The highest BCUT2D eigenvalue weighted by molar-refractivity contribution is 6.04. The number of pyridine rings is 1. The van der Waals surface area contributed by atoms with Gasteiger partial charge in [-0.3, -0.25) is 14.2 Å². The van der Waals surface area contributed by atoms with Crippen LogP contribution in [0.15, 0.2) is 95.1 Å². The van der Waals surface area contributed by atoms with Gasteiger partial charge in [-0.25, -0.2) is 9.50 Å². The monoisotopic (exact) mass is 545 g/mol. The molecule has 0 atom stereocenters. The van der Waals surface area contributed by atoms with Crippen LogP contribution in [0.2, 0.25) is 0 Å². The van der Waals surface area contributed by atoms with E-state index in [1.165, 1.54) is 17.0 Å². The molecule has 1 fully saturated rings. The summed E-state index contributed by atoms with van der Waals surface area (Å²) in [7, 11) is 1.83. The second kappa shape index (κ2) is 11.2. The molecule has 9 nitrogen and oxygen atoms in total. The first-order valence-electron chi connectivity index (χ1n) is 13.8. The molecule has 1 aliphatic rings. The molecule has 41 heavy (non-hydrogen) atoms. The largest absolute Gasteiger partial charge is 0.382 e. The highest BCUT2D eigenvalue weighted by Gasteiger charge is 2.26. The molecule has 0 aliphatic heterocycles. The lowest BCUT2D eigenvalue weighted by Crippen LogP contribution is -2.27. The fourth-order valence-corrected chi connectivity index (χ4v) is 5.77. The van der Waals surface area contributed by atoms with Crippen molar-refractivity contribution in [1.29, 1.82) is 0 Å². The van der Waals surface area contributed by atoms with E-state index < -0.39 is 5.91 Å². The maximum absolute atomic E-state index is 13.1. The third-order valence-corrected chi connectivity index (χ3v) is 7.84. The summed E-state index contributed by atoms with van der Waals surface area (Å²) in [6.45, 7) is 0. The molecule has 0 unspecified atom stereocenters. The maximum atomic E-state index is 13.1. The number of carbonyl (C=O) groups is 1. The number of hydrogen-bond acceptors (Lipinski definition) is 6. The second-order valence-corrected chi connectivity index (χ2v) is 10.4. The van der Waals surface area contributed by atoms with Crippen LogP contribution in [-0.4, -0.2) is 38.3 Å². The molecule has 3 heterocycles. The van der Waals surface area contributed by atoms with Crippen molar-refractivity contribution in [3.05, 3.63) is 107 Å². The normalized spacial score (nSPS) is 17.2. The molecule has 1 amide bonds. The molecule has 206 valence electrons. The van der Waals surface area contributed by atoms with Gasteiger partial charge in [0.2, 0.25) is 0 Å². The summed E-state index contributed by atoms with van der Waals surface area (Å²) in [5.41, 5.74) is 11.1. The van der Waals surface area contributed by atoms with E-state index in [4.69, 9.17) is 5.73 Å². The quantitative estimate of drug-likeness (QED) is 0.279. The Balaban J connectivity index is 1.26. The van der Waals surface area contributed by atoms with E-state index in [-0.39, 0.29) is 11.1 Å². The first-order chi connectivity index (χ1) is 20.0. The number of nitrogen functional groups attached to an aromatic ring is 1. The van der Waals surface area contributed by atoms with Crippen molar-refractivity contribution in [2.75, 3.05) is 18.1 Å². The summed E-state index contributed by atoms with van der Waals surface area (Å²) in [4.78, 5) is 34.6. The van der Waals surface area contributed by atoms with Gasteiger partial charge in [0.15, 0.2) is 5.82 Å². The Morgan fingerprint density at radius 3 is 2.51 bits per heavy atom. The van der Waals surface area contributed by atoms with Gasteiger partial charge >= 0.3 is 0 Å². The zero-order valence-electron chi connectivity index (χ0n) is 22.8. The molecule has 9 heteroatoms. The van der Waals surface area contributed by atoms with E-state index in [1.54, 1.807) is 12.3 Å². The molecule has 3 aromatic heterocycles. The van der Waals surface area contributed by atoms with Gasteiger partial charge in [-0.15, -0.1) is 0 Å². The number of carbonyl (C=O) groups excluding carboxylic acids is 1. The highest BCUT2D eigenvalue weighted by atomic mass is 16.2. The van der Waals surface area contributed by atoms with Crippen LogP contribution in [0.1, 0.15) is 47.7 Å². The Hall–Kier alpha value is -5.05. The summed E-state index contributed by atoms with van der Waals surface area (Å²) in [6.07, 6.45) is 9.52. The van der Waals surface area contributed by atoms with Gasteiger partial charge in [-0.2, -0.15) is 5.10 Å². The van der Waals surface area contributed by atoms with Crippen LogP contribution < -0.4 is 16.6 Å². The maximum Gasteiger partial charge on any atom is 0.267 e. The van der Waals surface area contributed by atoms with Crippen LogP contribution in [-0.2, 0) is 0 Å². The van der Waals surface area contributed by atoms with E-state index in [1.807, 2.05) is 66.2 Å². The minimum Gasteiger partial charge on any atom is -0.382 e. The van der Waals surface area contributed by atoms with Gasteiger partial charge in [0, 0.05) is 48.0 Å². The van der Waals surface area contributed by atoms with Gasteiger partial charge in [-0.1, -0.05) is 30.3 Å². The molecule has 2 aromatic carbocycles. The predicted octanol–water partition coefficient (Wildman–Crippen LogP) is 5.36. The highest BCUT2D eigenvalue weighted by Crippen LogP contribution is 2.40. The number of nitrogens with two attached hydrogens (primary N) is 1. The fraction of sp³-hybridized carbons (Fsp3) is 0.219. The molecule has 1 saturated carbocycles. The molecule has 0 bridgehead atoms. The van der Waals surface area contributed by atoms with Crippen molar-refractivity contribution >= 4 is 29.1 Å². The lowest BCUT2D eigenvalue weighted by Gasteiger charge is -2.26. The fourth-order valence-electron chi connectivity index (χ4n) is 5.77. The summed E-state index contributed by atoms with van der Waals surface area (Å²) >= 11 is 0. The Morgan fingerprint density at radius 2 is 1.78 bits per heavy atom. The van der Waals surface area contributed by atoms with Crippen LogP contribution in [0.4, 0.5) is 11.5 Å². The number of nitrogens with zero attached hydrogens (tertiary/aromatic N) is 5. The molecule has 0 saturated heterocycles. The lowest BCUT2D eigenvalue weighted by molar-refractivity contribution is 0.102. The minimum absolute atomic E-state index is 0.0633. The number of fused-ring (bicyclic) bond motifs is 1. The molecule has 6 rings (SSSR count). The molecule has 0 radical (unpaired) electrons. The molecular weight excluding hydrogens is 514 g/mol. The van der Waals surface area contributed by atoms with Crippen LogP contribution >= 0.6 is 0 Å². The van der Waals surface area contributed by atoms with Crippen molar-refractivity contribution in [1.82, 2.24) is 19.2 Å². The first kappa shape index (κ1) is 26.2. The Labute approximate surface area is 237 Å². The lowest BCUT2D eigenvalue weighted by atomic mass is 9.81. The van der Waals surface area contributed by atoms with Crippen molar-refractivity contribution in [3.63, 3.8) is 0 Å². The predicted molar refractivity (Wildman–Crippen MR) is 162 cm³/mol. The molecular formula is C32H31N7O2. The van der Waals surface area contributed by atoms with Gasteiger partial charge in [0.1, 0.15) is 17.4 Å². The zero-order valence-corrected chi connectivity index (χ0v) is 22.8. The third kappa shape index (κ3) is 5.14. The van der Waals surface area contributed by atoms with E-state index in [2.05, 4.69) is 32.7 Å². The average Bonchev–Trinajstić information content (AvgIpc) is 3.40. The van der Waals surface area contributed by atoms with E-state index in [0.717, 1.165) is 48.0 Å². The van der Waals surface area contributed by atoms with Gasteiger partial charge in [0.05, 0.1) is 0 Å². The van der Waals surface area contributed by atoms with Crippen LogP contribution in [0.25, 0.3) is 22.3 Å². The van der Waals surface area contributed by atoms with Crippen molar-refractivity contribution in [2.24, 2.45) is 10.9 Å². The zero-order chi connectivity index (χ0) is 28.3. The van der Waals surface area contributed by atoms with Gasteiger partial charge < -0.3 is 16.0 Å². The number of anilines is 2. The van der Waals surface area contributed by atoms with Crippen molar-refractivity contribution in [3.8, 4) is 16.8 Å². The number of nitrogens with one attached hydrogen (secondary N) is 1. The number of hydrogen-bond donors (Lipinski definition) is 2. The Kier molecular flexibility index (Phi) is 7.16. The van der Waals surface area contributed by atoms with Gasteiger partial charge in [0.25, 0.3) is 11.5 Å².